The molecule has 8 heteroatoms. The Morgan fingerprint density at radius 1 is 0.591 bits per heavy atom. The minimum atomic E-state index is -0.101. The summed E-state index contributed by atoms with van der Waals surface area (Å²) in [5.74, 6) is -0.201. The fraction of sp³-hybridized carbons (Fsp3) is 0.944. The number of unbranched alkanes of at least 4 members (excludes halogenated alkanes) is 8. The van der Waals surface area contributed by atoms with Gasteiger partial charge in [-0.2, -0.15) is 0 Å². The van der Waals surface area contributed by atoms with Gasteiger partial charge in [-0.05, 0) is 38.5 Å². The Morgan fingerprint density at radius 2 is 1.00 bits per heavy atom. The van der Waals surface area contributed by atoms with Gasteiger partial charge in [-0.15, -0.1) is 0 Å². The van der Waals surface area contributed by atoms with Crippen molar-refractivity contribution >= 4 is 11.9 Å². The number of rotatable bonds is 29. The Kier molecular flexibility index (Phi) is 26.0. The Morgan fingerprint density at radius 3 is 1.41 bits per heavy atom. The van der Waals surface area contributed by atoms with E-state index in [0.29, 0.717) is 32.5 Å². The summed E-state index contributed by atoms with van der Waals surface area (Å²) in [5.41, 5.74) is 5.75. The maximum Gasteiger partial charge on any atom is 0.307 e. The molecule has 0 aromatic heterocycles. The summed E-state index contributed by atoms with van der Waals surface area (Å²) in [6.45, 7) is 17.7. The van der Waals surface area contributed by atoms with Crippen LogP contribution in [0.3, 0.4) is 0 Å². The highest BCUT2D eigenvalue weighted by atomic mass is 16.5. The Bertz CT molecular complexity index is 645. The fourth-order valence-electron chi connectivity index (χ4n) is 6.01. The van der Waals surface area contributed by atoms with E-state index in [9.17, 15) is 9.59 Å². The van der Waals surface area contributed by atoms with Crippen LogP contribution < -0.4 is 5.73 Å². The van der Waals surface area contributed by atoms with Crippen LogP contribution in [0.4, 0.5) is 0 Å². The molecule has 0 spiro atoms. The van der Waals surface area contributed by atoms with Crippen molar-refractivity contribution in [3.8, 4) is 0 Å². The van der Waals surface area contributed by atoms with E-state index in [2.05, 4.69) is 42.4 Å². The van der Waals surface area contributed by atoms with E-state index in [1.54, 1.807) is 0 Å². The monoisotopic (exact) mass is 625 g/mol. The first-order valence-electron chi connectivity index (χ1n) is 18.7. The van der Waals surface area contributed by atoms with Crippen molar-refractivity contribution in [3.05, 3.63) is 0 Å². The van der Waals surface area contributed by atoms with Gasteiger partial charge in [-0.3, -0.25) is 19.4 Å². The Balaban J connectivity index is 2.68. The summed E-state index contributed by atoms with van der Waals surface area (Å²) in [5, 5.41) is 0. The minimum absolute atomic E-state index is 0.0323. The predicted molar refractivity (Wildman–Crippen MR) is 184 cm³/mol. The molecule has 1 heterocycles. The van der Waals surface area contributed by atoms with Gasteiger partial charge in [0.05, 0.1) is 12.8 Å². The van der Waals surface area contributed by atoms with Gasteiger partial charge >= 0.3 is 11.9 Å². The number of carbonyl (C=O) groups is 2. The quantitative estimate of drug-likeness (QED) is 0.0719. The van der Waals surface area contributed by atoms with Crippen molar-refractivity contribution in [1.82, 2.24) is 14.7 Å². The van der Waals surface area contributed by atoms with Crippen molar-refractivity contribution in [2.75, 3.05) is 65.4 Å². The normalized spacial score (nSPS) is 15.9. The number of ether oxygens (including phenoxy) is 2. The number of esters is 2. The Hall–Kier alpha value is -1.22. The largest absolute Gasteiger partial charge is 0.462 e. The van der Waals surface area contributed by atoms with Crippen LogP contribution in [-0.4, -0.2) is 104 Å². The maximum atomic E-state index is 13.0. The molecular weight excluding hydrogens is 552 g/mol. The second-order valence-corrected chi connectivity index (χ2v) is 13.0. The Labute approximate surface area is 272 Å². The zero-order valence-corrected chi connectivity index (χ0v) is 29.5. The molecule has 2 atom stereocenters. The van der Waals surface area contributed by atoms with Gasteiger partial charge in [-0.1, -0.05) is 91.9 Å². The molecule has 0 radical (unpaired) electrons. The lowest BCUT2D eigenvalue weighted by Gasteiger charge is -2.35. The van der Waals surface area contributed by atoms with E-state index in [0.717, 1.165) is 110 Å². The molecule has 1 rings (SSSR count). The number of nitrogens with two attached hydrogens (primary N) is 1. The van der Waals surface area contributed by atoms with Crippen LogP contribution >= 0.6 is 0 Å². The van der Waals surface area contributed by atoms with Gasteiger partial charge in [0.25, 0.3) is 0 Å². The van der Waals surface area contributed by atoms with Crippen LogP contribution in [0.5, 0.6) is 0 Å². The molecule has 260 valence electrons. The van der Waals surface area contributed by atoms with Crippen molar-refractivity contribution in [2.24, 2.45) is 5.73 Å². The topological polar surface area (TPSA) is 88.3 Å². The lowest BCUT2D eigenvalue weighted by Crippen LogP contribution is -2.49. The molecule has 0 saturated carbocycles. The molecule has 1 aliphatic heterocycles. The van der Waals surface area contributed by atoms with E-state index >= 15 is 0 Å². The SMILES string of the molecule is CCCCCCC(CCCC)OC(=O)CCN(CCC(=O)OC(CCCC)CCCCCC)CCN1CCN(CCN)CC1. The van der Waals surface area contributed by atoms with Crippen molar-refractivity contribution in [1.29, 1.82) is 0 Å². The lowest BCUT2D eigenvalue weighted by atomic mass is 10.0. The van der Waals surface area contributed by atoms with Gasteiger partial charge < -0.3 is 20.1 Å². The first-order chi connectivity index (χ1) is 21.4. The summed E-state index contributed by atoms with van der Waals surface area (Å²) in [7, 11) is 0. The highest BCUT2D eigenvalue weighted by Crippen LogP contribution is 2.17. The van der Waals surface area contributed by atoms with Crippen molar-refractivity contribution in [3.63, 3.8) is 0 Å². The molecule has 0 bridgehead atoms. The van der Waals surface area contributed by atoms with E-state index in [1.807, 2.05) is 0 Å². The molecule has 2 unspecified atom stereocenters. The molecule has 1 aliphatic rings. The molecule has 44 heavy (non-hydrogen) atoms. The zero-order valence-electron chi connectivity index (χ0n) is 29.5. The van der Waals surface area contributed by atoms with Crippen LogP contribution in [0.1, 0.15) is 143 Å². The van der Waals surface area contributed by atoms with Crippen LogP contribution in [0.15, 0.2) is 0 Å². The third kappa shape index (κ3) is 21.5. The van der Waals surface area contributed by atoms with E-state index in [-0.39, 0.29) is 24.1 Å². The number of hydrogen-bond donors (Lipinski definition) is 1. The van der Waals surface area contributed by atoms with Crippen molar-refractivity contribution < 1.29 is 19.1 Å². The smallest absolute Gasteiger partial charge is 0.307 e. The number of hydrogen-bond acceptors (Lipinski definition) is 8. The molecule has 0 aromatic carbocycles. The third-order valence-corrected chi connectivity index (χ3v) is 9.02. The predicted octanol–water partition coefficient (Wildman–Crippen LogP) is 6.79. The summed E-state index contributed by atoms with van der Waals surface area (Å²) in [6, 6.07) is 0. The molecule has 0 aromatic rings. The van der Waals surface area contributed by atoms with Crippen LogP contribution in [0.2, 0.25) is 0 Å². The first kappa shape index (κ1) is 40.8. The van der Waals surface area contributed by atoms with E-state index < -0.39 is 0 Å². The fourth-order valence-corrected chi connectivity index (χ4v) is 6.01. The van der Waals surface area contributed by atoms with Gasteiger partial charge in [0.2, 0.25) is 0 Å². The average molecular weight is 625 g/mol. The zero-order chi connectivity index (χ0) is 32.3. The number of carbonyl (C=O) groups excluding carboxylic acids is 2. The van der Waals surface area contributed by atoms with E-state index in [1.165, 1.54) is 38.5 Å². The summed E-state index contributed by atoms with van der Waals surface area (Å²) in [4.78, 5) is 33.1. The summed E-state index contributed by atoms with van der Waals surface area (Å²) >= 11 is 0. The van der Waals surface area contributed by atoms with Gasteiger partial charge in [0.1, 0.15) is 12.2 Å². The maximum absolute atomic E-state index is 13.0. The number of nitrogens with zero attached hydrogens (tertiary/aromatic N) is 3. The molecule has 0 amide bonds. The standard InChI is InChI=1S/C36H72N4O4/c1-5-9-13-15-19-33(17-11-7-3)43-35(41)21-24-38(27-30-40-31-28-39(26-23-37)29-32-40)25-22-36(42)44-34(18-12-8-4)20-16-14-10-6-2/h33-34H,5-32,37H2,1-4H3. The molecule has 2 N–H and O–H groups in total. The second-order valence-electron chi connectivity index (χ2n) is 13.0. The van der Waals surface area contributed by atoms with E-state index in [4.69, 9.17) is 15.2 Å². The van der Waals surface area contributed by atoms with Crippen LogP contribution in [-0.2, 0) is 19.1 Å². The third-order valence-electron chi connectivity index (χ3n) is 9.02. The molecule has 1 saturated heterocycles. The molecule has 1 fully saturated rings. The molecule has 8 nitrogen and oxygen atoms in total. The van der Waals surface area contributed by atoms with Gasteiger partial charge in [0, 0.05) is 65.4 Å². The van der Waals surface area contributed by atoms with Crippen LogP contribution in [0, 0.1) is 0 Å². The highest BCUT2D eigenvalue weighted by molar-refractivity contribution is 5.70. The number of piperazine rings is 1. The van der Waals surface area contributed by atoms with Crippen LogP contribution in [0.25, 0.3) is 0 Å². The minimum Gasteiger partial charge on any atom is -0.462 e. The average Bonchev–Trinajstić information content (AvgIpc) is 3.02. The van der Waals surface area contributed by atoms with Gasteiger partial charge in [-0.25, -0.2) is 0 Å². The molecular formula is C36H72N4O4. The lowest BCUT2D eigenvalue weighted by molar-refractivity contribution is -0.150. The first-order valence-corrected chi connectivity index (χ1v) is 18.7. The van der Waals surface area contributed by atoms with Gasteiger partial charge in [0.15, 0.2) is 0 Å². The highest BCUT2D eigenvalue weighted by Gasteiger charge is 2.20. The van der Waals surface area contributed by atoms with Crippen molar-refractivity contribution in [2.45, 2.75) is 155 Å². The second kappa shape index (κ2) is 28.0. The summed E-state index contributed by atoms with van der Waals surface area (Å²) in [6.07, 6.45) is 18.6. The summed E-state index contributed by atoms with van der Waals surface area (Å²) < 4.78 is 12.0. The molecule has 0 aliphatic carbocycles.